The second-order valence-electron chi connectivity index (χ2n) is 3.54. The molecule has 0 saturated carbocycles. The minimum atomic E-state index is -0.268. The Hall–Kier alpha value is -0.680. The molecule has 94 valence electrons. The predicted octanol–water partition coefficient (Wildman–Crippen LogP) is 4.19. The first-order valence-corrected chi connectivity index (χ1v) is 7.12. The van der Waals surface area contributed by atoms with Crippen LogP contribution in [0.3, 0.4) is 0 Å². The van der Waals surface area contributed by atoms with Crippen molar-refractivity contribution in [2.45, 2.75) is 6.54 Å². The lowest BCUT2D eigenvalue weighted by molar-refractivity contribution is 0.892. The number of hydrogen-bond acceptors (Lipinski definition) is 3. The Kier molecular flexibility index (Phi) is 4.56. The molecule has 0 amide bonds. The molecule has 2 rings (SSSR count). The molecular formula is C12H9Cl2NOS2. The molecule has 0 spiro atoms. The van der Waals surface area contributed by atoms with Crippen molar-refractivity contribution in [1.82, 2.24) is 3.96 Å². The molecule has 0 aliphatic carbocycles. The summed E-state index contributed by atoms with van der Waals surface area (Å²) in [6.45, 7) is 0.406. The average molecular weight is 318 g/mol. The van der Waals surface area contributed by atoms with Crippen molar-refractivity contribution in [3.05, 3.63) is 61.0 Å². The number of nitrogens with zero attached hydrogens (tertiary/aromatic N) is 1. The van der Waals surface area contributed by atoms with Crippen molar-refractivity contribution < 1.29 is 0 Å². The van der Waals surface area contributed by atoms with Gasteiger partial charge in [0.25, 0.3) is 5.56 Å². The summed E-state index contributed by atoms with van der Waals surface area (Å²) in [6, 6.07) is 9.73. The van der Waals surface area contributed by atoms with Crippen LogP contribution < -0.4 is 5.56 Å². The second kappa shape index (κ2) is 5.97. The van der Waals surface area contributed by atoms with Gasteiger partial charge in [-0.05, 0) is 28.1 Å². The molecule has 18 heavy (non-hydrogen) atoms. The summed E-state index contributed by atoms with van der Waals surface area (Å²) < 4.78 is 1.83. The third kappa shape index (κ3) is 2.83. The molecule has 1 aromatic heterocycles. The Balaban J connectivity index is 2.33. The van der Waals surface area contributed by atoms with Crippen LogP contribution in [0, 0.1) is 0 Å². The Morgan fingerprint density at radius 2 is 2.00 bits per heavy atom. The molecule has 2 nitrogen and oxygen atoms in total. The second-order valence-corrected chi connectivity index (χ2v) is 5.81. The van der Waals surface area contributed by atoms with Crippen LogP contribution in [-0.4, -0.2) is 3.96 Å². The van der Waals surface area contributed by atoms with Crippen LogP contribution in [0.2, 0.25) is 9.36 Å². The molecule has 0 unspecified atom stereocenters. The highest BCUT2D eigenvalue weighted by atomic mass is 35.5. The first-order chi connectivity index (χ1) is 8.63. The summed E-state index contributed by atoms with van der Waals surface area (Å²) in [4.78, 5) is 11.8. The molecule has 2 aromatic rings. The van der Waals surface area contributed by atoms with Gasteiger partial charge in [0.05, 0.1) is 6.54 Å². The number of benzene rings is 1. The molecule has 0 aliphatic heterocycles. The number of allylic oxidation sites excluding steroid dienone is 1. The maximum absolute atomic E-state index is 11.8. The number of thiol groups is 1. The van der Waals surface area contributed by atoms with E-state index in [-0.39, 0.29) is 10.6 Å². The van der Waals surface area contributed by atoms with E-state index in [2.05, 4.69) is 12.6 Å². The van der Waals surface area contributed by atoms with Gasteiger partial charge in [0.15, 0.2) is 0 Å². The fourth-order valence-corrected chi connectivity index (χ4v) is 3.05. The number of hydrogen-bond donors (Lipinski definition) is 1. The monoisotopic (exact) mass is 317 g/mol. The van der Waals surface area contributed by atoms with Gasteiger partial charge in [-0.1, -0.05) is 53.5 Å². The van der Waals surface area contributed by atoms with Crippen LogP contribution in [0.1, 0.15) is 5.56 Å². The number of rotatable bonds is 3. The third-order valence-electron chi connectivity index (χ3n) is 2.39. The average Bonchev–Trinajstić information content (AvgIpc) is 2.64. The van der Waals surface area contributed by atoms with Crippen LogP contribution in [0.15, 0.2) is 40.5 Å². The molecular weight excluding hydrogens is 309 g/mol. The van der Waals surface area contributed by atoms with Crippen LogP contribution in [-0.2, 0) is 6.54 Å². The van der Waals surface area contributed by atoms with Crippen molar-refractivity contribution in [2.75, 3.05) is 0 Å². The highest BCUT2D eigenvalue weighted by Crippen LogP contribution is 2.25. The lowest BCUT2D eigenvalue weighted by Crippen LogP contribution is -2.14. The lowest BCUT2D eigenvalue weighted by atomic mass is 10.1. The van der Waals surface area contributed by atoms with Crippen molar-refractivity contribution in [3.63, 3.8) is 0 Å². The van der Waals surface area contributed by atoms with E-state index in [0.717, 1.165) is 22.7 Å². The van der Waals surface area contributed by atoms with Gasteiger partial charge in [-0.3, -0.25) is 8.75 Å². The van der Waals surface area contributed by atoms with Gasteiger partial charge in [-0.25, -0.2) is 0 Å². The Morgan fingerprint density at radius 1 is 1.33 bits per heavy atom. The predicted molar refractivity (Wildman–Crippen MR) is 82.0 cm³/mol. The van der Waals surface area contributed by atoms with Crippen LogP contribution >= 0.6 is 47.4 Å². The van der Waals surface area contributed by atoms with Gasteiger partial charge < -0.3 is 0 Å². The summed E-state index contributed by atoms with van der Waals surface area (Å²) in [7, 11) is 0. The zero-order chi connectivity index (χ0) is 13.1. The molecule has 0 fully saturated rings. The minimum Gasteiger partial charge on any atom is -0.267 e. The van der Waals surface area contributed by atoms with Crippen molar-refractivity contribution >= 4 is 52.9 Å². The largest absolute Gasteiger partial charge is 0.281 e. The lowest BCUT2D eigenvalue weighted by Gasteiger charge is -2.06. The van der Waals surface area contributed by atoms with Gasteiger partial charge in [-0.15, -0.1) is 0 Å². The molecule has 0 saturated heterocycles. The topological polar surface area (TPSA) is 22.0 Å². The van der Waals surface area contributed by atoms with E-state index in [1.54, 1.807) is 5.41 Å². The van der Waals surface area contributed by atoms with Gasteiger partial charge in [-0.2, -0.15) is 12.6 Å². The third-order valence-corrected chi connectivity index (χ3v) is 4.54. The first kappa shape index (κ1) is 13.7. The SMILES string of the molecule is O=c1c(Cl)c(Cl)sn1C/C(=C/S)c1ccccc1. The van der Waals surface area contributed by atoms with Crippen molar-refractivity contribution in [1.29, 1.82) is 0 Å². The fraction of sp³-hybridized carbons (Fsp3) is 0.0833. The first-order valence-electron chi connectivity index (χ1n) is 5.07. The molecule has 0 atom stereocenters. The van der Waals surface area contributed by atoms with Crippen LogP contribution in [0.4, 0.5) is 0 Å². The van der Waals surface area contributed by atoms with E-state index in [1.165, 1.54) is 3.96 Å². The smallest absolute Gasteiger partial charge is 0.267 e. The van der Waals surface area contributed by atoms with Gasteiger partial charge in [0, 0.05) is 0 Å². The maximum atomic E-state index is 11.8. The van der Waals surface area contributed by atoms with E-state index < -0.39 is 0 Å². The summed E-state index contributed by atoms with van der Waals surface area (Å²) in [5.41, 5.74) is 1.67. The quantitative estimate of drug-likeness (QED) is 0.842. The van der Waals surface area contributed by atoms with E-state index in [4.69, 9.17) is 23.2 Å². The fourth-order valence-electron chi connectivity index (χ4n) is 1.49. The van der Waals surface area contributed by atoms with Crippen LogP contribution in [0.25, 0.3) is 5.57 Å². The summed E-state index contributed by atoms with van der Waals surface area (Å²) in [6.07, 6.45) is 0. The molecule has 0 N–H and O–H groups in total. The van der Waals surface area contributed by atoms with E-state index in [1.807, 2.05) is 30.3 Å². The van der Waals surface area contributed by atoms with Gasteiger partial charge in [0.1, 0.15) is 9.36 Å². The van der Waals surface area contributed by atoms with Gasteiger partial charge in [0.2, 0.25) is 0 Å². The van der Waals surface area contributed by atoms with Crippen molar-refractivity contribution in [2.24, 2.45) is 0 Å². The van der Waals surface area contributed by atoms with E-state index in [0.29, 0.717) is 10.9 Å². The maximum Gasteiger partial charge on any atom is 0.281 e. The molecule has 0 aliphatic rings. The van der Waals surface area contributed by atoms with Gasteiger partial charge >= 0.3 is 0 Å². The molecule has 1 aromatic carbocycles. The van der Waals surface area contributed by atoms with Crippen LogP contribution in [0.5, 0.6) is 0 Å². The summed E-state index contributed by atoms with van der Waals surface area (Å²) >= 11 is 16.9. The number of halogens is 2. The van der Waals surface area contributed by atoms with E-state index in [9.17, 15) is 4.79 Å². The zero-order valence-corrected chi connectivity index (χ0v) is 12.4. The highest BCUT2D eigenvalue weighted by molar-refractivity contribution is 7.83. The molecule has 0 bridgehead atoms. The standard InChI is InChI=1S/C12H9Cl2NOS2/c13-10-11(14)18-15(12(10)16)6-9(7-17)8-4-2-1-3-5-8/h1-5,7,17H,6H2/b9-7-. The highest BCUT2D eigenvalue weighted by Gasteiger charge is 2.12. The van der Waals surface area contributed by atoms with E-state index >= 15 is 0 Å². The summed E-state index contributed by atoms with van der Waals surface area (Å²) in [5.74, 6) is 0. The number of aromatic nitrogens is 1. The minimum absolute atomic E-state index is 0.0771. The zero-order valence-electron chi connectivity index (χ0n) is 9.14. The van der Waals surface area contributed by atoms with Crippen molar-refractivity contribution in [3.8, 4) is 0 Å². The normalized spacial score (nSPS) is 11.8. The Morgan fingerprint density at radius 3 is 2.50 bits per heavy atom. The molecule has 6 heteroatoms. The molecule has 1 heterocycles. The Bertz CT molecular complexity index is 631. The Labute approximate surface area is 124 Å². The summed E-state index contributed by atoms with van der Waals surface area (Å²) in [5, 5.41) is 1.76. The molecule has 0 radical (unpaired) electrons.